The molecule has 1 aliphatic rings. The molecule has 112 valence electrons. The number of aryl methyl sites for hydroxylation is 1. The monoisotopic (exact) mass is 305 g/mol. The predicted octanol–water partition coefficient (Wildman–Crippen LogP) is 2.30. The van der Waals surface area contributed by atoms with Gasteiger partial charge in [0.25, 0.3) is 5.91 Å². The molecule has 0 saturated carbocycles. The molecule has 3 heterocycles. The minimum absolute atomic E-state index is 0.00385. The van der Waals surface area contributed by atoms with Crippen molar-refractivity contribution < 1.29 is 9.53 Å². The smallest absolute Gasteiger partial charge is 0.266 e. The van der Waals surface area contributed by atoms with E-state index in [9.17, 15) is 4.79 Å². The quantitative estimate of drug-likeness (QED) is 0.945. The largest absolute Gasteiger partial charge is 0.397 e. The molecule has 0 spiro atoms. The lowest BCUT2D eigenvalue weighted by Gasteiger charge is -2.26. The van der Waals surface area contributed by atoms with Gasteiger partial charge in [-0.2, -0.15) is 0 Å². The van der Waals surface area contributed by atoms with Gasteiger partial charge in [0, 0.05) is 24.2 Å². The number of hydrogen-bond donors (Lipinski definition) is 1. The van der Waals surface area contributed by atoms with Crippen LogP contribution < -0.4 is 5.73 Å². The third-order valence-corrected chi connectivity index (χ3v) is 4.75. The van der Waals surface area contributed by atoms with E-state index in [4.69, 9.17) is 10.5 Å². The highest BCUT2D eigenvalue weighted by Crippen LogP contribution is 2.33. The first kappa shape index (κ1) is 14.3. The molecule has 2 N–H and O–H groups in total. The van der Waals surface area contributed by atoms with Crippen LogP contribution in [0.4, 0.5) is 5.69 Å². The number of fused-ring (bicyclic) bond motifs is 1. The molecule has 0 bridgehead atoms. The molecule has 5 nitrogen and oxygen atoms in total. The van der Waals surface area contributed by atoms with Gasteiger partial charge in [-0.3, -0.25) is 4.79 Å². The maximum atomic E-state index is 12.6. The molecule has 6 heteroatoms. The Bertz CT molecular complexity index is 662. The maximum Gasteiger partial charge on any atom is 0.266 e. The van der Waals surface area contributed by atoms with E-state index >= 15 is 0 Å². The molecule has 0 atom stereocenters. The van der Waals surface area contributed by atoms with E-state index < -0.39 is 0 Å². The molecule has 1 aliphatic heterocycles. The highest BCUT2D eigenvalue weighted by molar-refractivity contribution is 7.21. The summed E-state index contributed by atoms with van der Waals surface area (Å²) in [5.41, 5.74) is 7.77. The van der Waals surface area contributed by atoms with Crippen molar-refractivity contribution in [3.63, 3.8) is 0 Å². The van der Waals surface area contributed by atoms with Crippen molar-refractivity contribution in [1.82, 2.24) is 9.88 Å². The molecule has 2 aromatic heterocycles. The van der Waals surface area contributed by atoms with Crippen molar-refractivity contribution in [3.8, 4) is 0 Å². The molecule has 0 aromatic carbocycles. The Morgan fingerprint density at radius 1 is 1.43 bits per heavy atom. The topological polar surface area (TPSA) is 68.5 Å². The lowest BCUT2D eigenvalue weighted by Crippen LogP contribution is -2.40. The third-order valence-electron chi connectivity index (χ3n) is 3.65. The van der Waals surface area contributed by atoms with Crippen molar-refractivity contribution in [2.45, 2.75) is 19.8 Å². The molecule has 21 heavy (non-hydrogen) atoms. The second kappa shape index (κ2) is 5.99. The van der Waals surface area contributed by atoms with Crippen LogP contribution in [0.3, 0.4) is 0 Å². The van der Waals surface area contributed by atoms with Gasteiger partial charge in [0.2, 0.25) is 0 Å². The highest BCUT2D eigenvalue weighted by atomic mass is 32.1. The van der Waals surface area contributed by atoms with Crippen LogP contribution in [-0.4, -0.2) is 42.1 Å². The number of nitrogen functional groups attached to an aromatic ring is 1. The molecule has 0 radical (unpaired) electrons. The predicted molar refractivity (Wildman–Crippen MR) is 84.7 cm³/mol. The zero-order chi connectivity index (χ0) is 14.8. The first-order chi connectivity index (χ1) is 10.2. The van der Waals surface area contributed by atoms with Crippen LogP contribution >= 0.6 is 11.3 Å². The van der Waals surface area contributed by atoms with Gasteiger partial charge in [-0.05, 0) is 18.6 Å². The fourth-order valence-electron chi connectivity index (χ4n) is 2.50. The van der Waals surface area contributed by atoms with Gasteiger partial charge < -0.3 is 15.4 Å². The Morgan fingerprint density at radius 3 is 2.90 bits per heavy atom. The number of anilines is 1. The van der Waals surface area contributed by atoms with Crippen molar-refractivity contribution in [2.24, 2.45) is 0 Å². The van der Waals surface area contributed by atoms with Crippen LogP contribution in [-0.2, 0) is 11.2 Å². The van der Waals surface area contributed by atoms with E-state index in [0.717, 1.165) is 28.8 Å². The summed E-state index contributed by atoms with van der Waals surface area (Å²) in [6, 6.07) is 3.98. The molecule has 3 rings (SSSR count). The van der Waals surface area contributed by atoms with E-state index in [1.54, 1.807) is 4.90 Å². The van der Waals surface area contributed by atoms with Gasteiger partial charge in [-0.25, -0.2) is 4.98 Å². The Kier molecular flexibility index (Phi) is 4.07. The summed E-state index contributed by atoms with van der Waals surface area (Å²) in [5.74, 6) is -0.00385. The van der Waals surface area contributed by atoms with Gasteiger partial charge in [-0.15, -0.1) is 11.3 Å². The molecule has 0 unspecified atom stereocenters. The number of morpholine rings is 1. The molecular weight excluding hydrogens is 286 g/mol. The number of carbonyl (C=O) groups is 1. The Hall–Kier alpha value is -1.66. The van der Waals surface area contributed by atoms with Gasteiger partial charge in [-0.1, -0.05) is 13.3 Å². The zero-order valence-corrected chi connectivity index (χ0v) is 12.9. The SMILES string of the molecule is CCCc1ccc2c(N)c(C(=O)N3CCOCC3)sc2n1. The Morgan fingerprint density at radius 2 is 2.19 bits per heavy atom. The number of pyridine rings is 1. The number of carbonyl (C=O) groups excluding carboxylic acids is 1. The normalized spacial score (nSPS) is 15.6. The molecular formula is C15H19N3O2S. The lowest BCUT2D eigenvalue weighted by atomic mass is 10.2. The number of rotatable bonds is 3. The third kappa shape index (κ3) is 2.73. The number of aromatic nitrogens is 1. The van der Waals surface area contributed by atoms with Crippen LogP contribution in [0, 0.1) is 0 Å². The summed E-state index contributed by atoms with van der Waals surface area (Å²) in [4.78, 5) is 20.5. The van der Waals surface area contributed by atoms with E-state index in [1.807, 2.05) is 12.1 Å². The van der Waals surface area contributed by atoms with Crippen molar-refractivity contribution in [1.29, 1.82) is 0 Å². The molecule has 0 aliphatic carbocycles. The first-order valence-corrected chi connectivity index (χ1v) is 8.07. The van der Waals surface area contributed by atoms with E-state index in [-0.39, 0.29) is 5.91 Å². The number of thiophene rings is 1. The number of amides is 1. The summed E-state index contributed by atoms with van der Waals surface area (Å²) < 4.78 is 5.28. The van der Waals surface area contributed by atoms with E-state index in [1.165, 1.54) is 11.3 Å². The van der Waals surface area contributed by atoms with Crippen LogP contribution in [0.15, 0.2) is 12.1 Å². The van der Waals surface area contributed by atoms with Gasteiger partial charge in [0.1, 0.15) is 9.71 Å². The average molecular weight is 305 g/mol. The first-order valence-electron chi connectivity index (χ1n) is 7.25. The molecule has 2 aromatic rings. The second-order valence-corrected chi connectivity index (χ2v) is 6.15. The number of hydrogen-bond acceptors (Lipinski definition) is 5. The number of ether oxygens (including phenoxy) is 1. The van der Waals surface area contributed by atoms with Crippen LogP contribution in [0.1, 0.15) is 28.7 Å². The average Bonchev–Trinajstić information content (AvgIpc) is 2.84. The Labute approximate surface area is 127 Å². The van der Waals surface area contributed by atoms with Crippen LogP contribution in [0.5, 0.6) is 0 Å². The molecule has 1 fully saturated rings. The number of nitrogens with zero attached hydrogens (tertiary/aromatic N) is 2. The summed E-state index contributed by atoms with van der Waals surface area (Å²) in [6.07, 6.45) is 2.00. The fraction of sp³-hybridized carbons (Fsp3) is 0.467. The van der Waals surface area contributed by atoms with Gasteiger partial charge in [0.05, 0.1) is 18.9 Å². The van der Waals surface area contributed by atoms with E-state index in [2.05, 4.69) is 11.9 Å². The van der Waals surface area contributed by atoms with Gasteiger partial charge in [0.15, 0.2) is 0 Å². The fourth-order valence-corrected chi connectivity index (χ4v) is 3.58. The second-order valence-electron chi connectivity index (χ2n) is 5.15. The van der Waals surface area contributed by atoms with E-state index in [0.29, 0.717) is 36.9 Å². The molecule has 1 amide bonds. The highest BCUT2D eigenvalue weighted by Gasteiger charge is 2.24. The van der Waals surface area contributed by atoms with Crippen molar-refractivity contribution >= 4 is 33.1 Å². The van der Waals surface area contributed by atoms with Crippen LogP contribution in [0.25, 0.3) is 10.2 Å². The molecule has 1 saturated heterocycles. The Balaban J connectivity index is 1.94. The van der Waals surface area contributed by atoms with Crippen LogP contribution in [0.2, 0.25) is 0 Å². The summed E-state index contributed by atoms with van der Waals surface area (Å²) >= 11 is 1.40. The zero-order valence-electron chi connectivity index (χ0n) is 12.1. The minimum Gasteiger partial charge on any atom is -0.397 e. The van der Waals surface area contributed by atoms with Crippen molar-refractivity contribution in [3.05, 3.63) is 22.7 Å². The summed E-state index contributed by atoms with van der Waals surface area (Å²) in [5, 5.41) is 0.886. The van der Waals surface area contributed by atoms with Gasteiger partial charge >= 0.3 is 0 Å². The maximum absolute atomic E-state index is 12.6. The summed E-state index contributed by atoms with van der Waals surface area (Å²) in [6.45, 7) is 4.56. The standard InChI is InChI=1S/C15H19N3O2S/c1-2-3-10-4-5-11-12(16)13(21-14(11)17-10)15(19)18-6-8-20-9-7-18/h4-5H,2-3,6-9,16H2,1H3. The minimum atomic E-state index is -0.00385. The van der Waals surface area contributed by atoms with Crippen molar-refractivity contribution in [2.75, 3.05) is 32.0 Å². The number of nitrogens with two attached hydrogens (primary N) is 1. The lowest BCUT2D eigenvalue weighted by molar-refractivity contribution is 0.0307. The summed E-state index contributed by atoms with van der Waals surface area (Å²) in [7, 11) is 0.